The summed E-state index contributed by atoms with van der Waals surface area (Å²) in [6.45, 7) is 0. The topological polar surface area (TPSA) is 26.0 Å². The van der Waals surface area contributed by atoms with E-state index in [-0.39, 0.29) is 11.3 Å². The Balaban J connectivity index is 2.07. The Kier molecular flexibility index (Phi) is 2.55. The van der Waals surface area contributed by atoms with Crippen LogP contribution >= 0.6 is 0 Å². The molecular weight excluding hydrogens is 251 g/mol. The van der Waals surface area contributed by atoms with E-state index in [1.807, 2.05) is 24.3 Å². The number of hydrogen-bond donors (Lipinski definition) is 1. The van der Waals surface area contributed by atoms with Crippen molar-refractivity contribution in [3.8, 4) is 11.1 Å². The van der Waals surface area contributed by atoms with E-state index in [1.165, 1.54) is 6.07 Å². The van der Waals surface area contributed by atoms with Gasteiger partial charge in [0.2, 0.25) is 0 Å². The summed E-state index contributed by atoms with van der Waals surface area (Å²) in [7, 11) is 0. The fraction of sp³-hybridized carbons (Fsp3) is 0.200. The third-order valence-corrected chi connectivity index (χ3v) is 3.51. The van der Waals surface area contributed by atoms with E-state index < -0.39 is 12.6 Å². The fourth-order valence-electron chi connectivity index (χ4n) is 2.65. The lowest BCUT2D eigenvalue weighted by atomic mass is 9.99. The molecule has 2 aromatic carbocycles. The second-order valence-electron chi connectivity index (χ2n) is 4.79. The minimum Gasteiger partial charge on any atom is -0.398 e. The van der Waals surface area contributed by atoms with E-state index in [0.29, 0.717) is 6.42 Å². The van der Waals surface area contributed by atoms with Crippen LogP contribution in [-0.4, -0.2) is 6.18 Å². The van der Waals surface area contributed by atoms with Crippen molar-refractivity contribution < 1.29 is 13.2 Å². The molecule has 1 aliphatic rings. The lowest BCUT2D eigenvalue weighted by Gasteiger charge is -2.12. The van der Waals surface area contributed by atoms with Gasteiger partial charge in [-0.05, 0) is 27.8 Å². The van der Waals surface area contributed by atoms with Crippen molar-refractivity contribution in [2.45, 2.75) is 19.0 Å². The van der Waals surface area contributed by atoms with Gasteiger partial charge in [0.1, 0.15) is 0 Å². The van der Waals surface area contributed by atoms with E-state index in [0.717, 1.165) is 22.3 Å². The minimum absolute atomic E-state index is 0.166. The highest BCUT2D eigenvalue weighted by molar-refractivity contribution is 5.82. The molecule has 0 unspecified atom stereocenters. The van der Waals surface area contributed by atoms with Crippen molar-refractivity contribution in [2.75, 3.05) is 5.73 Å². The molecule has 3 rings (SSSR count). The zero-order valence-electron chi connectivity index (χ0n) is 10.1. The predicted octanol–water partition coefficient (Wildman–Crippen LogP) is 3.94. The quantitative estimate of drug-likeness (QED) is 0.661. The van der Waals surface area contributed by atoms with Crippen LogP contribution < -0.4 is 5.73 Å². The first-order chi connectivity index (χ1) is 8.96. The average molecular weight is 263 g/mol. The maximum atomic E-state index is 12.5. The number of alkyl halides is 3. The molecule has 98 valence electrons. The molecule has 4 heteroatoms. The highest BCUT2D eigenvalue weighted by atomic mass is 19.4. The number of nitrogens with two attached hydrogens (primary N) is 1. The van der Waals surface area contributed by atoms with E-state index in [1.54, 1.807) is 6.07 Å². The van der Waals surface area contributed by atoms with Gasteiger partial charge in [-0.15, -0.1) is 0 Å². The second kappa shape index (κ2) is 4.02. The molecule has 0 saturated heterocycles. The van der Waals surface area contributed by atoms with Gasteiger partial charge >= 0.3 is 6.18 Å². The van der Waals surface area contributed by atoms with Crippen molar-refractivity contribution in [1.29, 1.82) is 0 Å². The Labute approximate surface area is 108 Å². The fourth-order valence-corrected chi connectivity index (χ4v) is 2.65. The Morgan fingerprint density at radius 3 is 2.47 bits per heavy atom. The third-order valence-electron chi connectivity index (χ3n) is 3.51. The largest absolute Gasteiger partial charge is 0.398 e. The smallest absolute Gasteiger partial charge is 0.393 e. The first-order valence-electron chi connectivity index (χ1n) is 6.01. The minimum atomic E-state index is -4.23. The van der Waals surface area contributed by atoms with Crippen LogP contribution in [-0.2, 0) is 12.8 Å². The zero-order chi connectivity index (χ0) is 13.6. The molecule has 0 bridgehead atoms. The second-order valence-corrected chi connectivity index (χ2v) is 4.79. The molecule has 1 nitrogen and oxygen atoms in total. The molecule has 0 saturated carbocycles. The Morgan fingerprint density at radius 1 is 1.00 bits per heavy atom. The molecule has 19 heavy (non-hydrogen) atoms. The molecular formula is C15H12F3N. The van der Waals surface area contributed by atoms with Crippen LogP contribution in [0, 0.1) is 0 Å². The van der Waals surface area contributed by atoms with Crippen molar-refractivity contribution in [3.05, 3.63) is 53.1 Å². The van der Waals surface area contributed by atoms with Crippen LogP contribution in [0.25, 0.3) is 11.1 Å². The zero-order valence-corrected chi connectivity index (χ0v) is 10.1. The number of rotatable bonds is 1. The van der Waals surface area contributed by atoms with Crippen LogP contribution in [0.4, 0.5) is 18.9 Å². The Bertz CT molecular complexity index is 644. The SMILES string of the molecule is Nc1c(CC(F)(F)F)ccc2c1Cc1ccccc1-2. The highest BCUT2D eigenvalue weighted by Gasteiger charge is 2.30. The summed E-state index contributed by atoms with van der Waals surface area (Å²) in [5.74, 6) is 0. The van der Waals surface area contributed by atoms with Gasteiger partial charge < -0.3 is 5.73 Å². The van der Waals surface area contributed by atoms with E-state index in [2.05, 4.69) is 0 Å². The molecule has 0 radical (unpaired) electrons. The van der Waals surface area contributed by atoms with Gasteiger partial charge in [0.05, 0.1) is 6.42 Å². The maximum absolute atomic E-state index is 12.5. The summed E-state index contributed by atoms with van der Waals surface area (Å²) < 4.78 is 37.4. The molecule has 0 aliphatic heterocycles. The van der Waals surface area contributed by atoms with Gasteiger partial charge in [-0.25, -0.2) is 0 Å². The van der Waals surface area contributed by atoms with Gasteiger partial charge in [0, 0.05) is 12.1 Å². The standard InChI is InChI=1S/C15H12F3N/c16-15(17,18)8-10-5-6-12-11-4-2-1-3-9(11)7-13(12)14(10)19/h1-6H,7-8,19H2. The molecule has 0 spiro atoms. The number of anilines is 1. The van der Waals surface area contributed by atoms with Gasteiger partial charge in [-0.1, -0.05) is 36.4 Å². The summed E-state index contributed by atoms with van der Waals surface area (Å²) >= 11 is 0. The van der Waals surface area contributed by atoms with Crippen molar-refractivity contribution in [2.24, 2.45) is 0 Å². The van der Waals surface area contributed by atoms with Gasteiger partial charge in [0.15, 0.2) is 0 Å². The van der Waals surface area contributed by atoms with E-state index in [9.17, 15) is 13.2 Å². The summed E-state index contributed by atoms with van der Waals surface area (Å²) in [4.78, 5) is 0. The molecule has 0 aromatic heterocycles. The van der Waals surface area contributed by atoms with Crippen LogP contribution in [0.15, 0.2) is 36.4 Å². The highest BCUT2D eigenvalue weighted by Crippen LogP contribution is 2.41. The number of hydrogen-bond acceptors (Lipinski definition) is 1. The van der Waals surface area contributed by atoms with Crippen LogP contribution in [0.1, 0.15) is 16.7 Å². The van der Waals surface area contributed by atoms with Crippen molar-refractivity contribution in [1.82, 2.24) is 0 Å². The van der Waals surface area contributed by atoms with Gasteiger partial charge in [-0.2, -0.15) is 13.2 Å². The molecule has 2 aromatic rings. The van der Waals surface area contributed by atoms with Crippen molar-refractivity contribution >= 4 is 5.69 Å². The van der Waals surface area contributed by atoms with Crippen LogP contribution in [0.2, 0.25) is 0 Å². The first-order valence-corrected chi connectivity index (χ1v) is 6.01. The normalized spacial score (nSPS) is 13.2. The number of benzene rings is 2. The average Bonchev–Trinajstić information content (AvgIpc) is 2.71. The molecule has 0 heterocycles. The van der Waals surface area contributed by atoms with Crippen LogP contribution in [0.5, 0.6) is 0 Å². The van der Waals surface area contributed by atoms with E-state index >= 15 is 0 Å². The van der Waals surface area contributed by atoms with E-state index in [4.69, 9.17) is 5.73 Å². The molecule has 0 fully saturated rings. The Morgan fingerprint density at radius 2 is 1.74 bits per heavy atom. The summed E-state index contributed by atoms with van der Waals surface area (Å²) in [6.07, 6.45) is -4.58. The van der Waals surface area contributed by atoms with Gasteiger partial charge in [0.25, 0.3) is 0 Å². The number of nitrogen functional groups attached to an aromatic ring is 1. The van der Waals surface area contributed by atoms with Gasteiger partial charge in [-0.3, -0.25) is 0 Å². The number of fused-ring (bicyclic) bond motifs is 3. The lowest BCUT2D eigenvalue weighted by molar-refractivity contribution is -0.127. The summed E-state index contributed by atoms with van der Waals surface area (Å²) in [5.41, 5.74) is 10.3. The molecule has 0 amide bonds. The maximum Gasteiger partial charge on any atom is 0.393 e. The monoisotopic (exact) mass is 263 g/mol. The number of halogens is 3. The Hall–Kier alpha value is -1.97. The molecule has 2 N–H and O–H groups in total. The third kappa shape index (κ3) is 2.07. The first kappa shape index (κ1) is 12.1. The predicted molar refractivity (Wildman–Crippen MR) is 68.9 cm³/mol. The summed E-state index contributed by atoms with van der Waals surface area (Å²) in [5, 5.41) is 0. The lowest BCUT2D eigenvalue weighted by Crippen LogP contribution is -2.13. The van der Waals surface area contributed by atoms with Crippen molar-refractivity contribution in [3.63, 3.8) is 0 Å². The van der Waals surface area contributed by atoms with Crippen LogP contribution in [0.3, 0.4) is 0 Å². The molecule has 0 atom stereocenters. The molecule has 1 aliphatic carbocycles. The summed E-state index contributed by atoms with van der Waals surface area (Å²) in [6, 6.07) is 11.1.